The molecule has 0 aromatic heterocycles. The van der Waals surface area contributed by atoms with Gasteiger partial charge in [-0.2, -0.15) is 0 Å². The van der Waals surface area contributed by atoms with E-state index in [2.05, 4.69) is 48.9 Å². The van der Waals surface area contributed by atoms with Crippen LogP contribution in [-0.2, 0) is 17.6 Å². The number of anilines is 1. The van der Waals surface area contributed by atoms with Crippen LogP contribution < -0.4 is 14.4 Å². The summed E-state index contributed by atoms with van der Waals surface area (Å²) in [5.74, 6) is 1.42. The number of ether oxygens (including phenoxy) is 3. The molecule has 1 aliphatic heterocycles. The van der Waals surface area contributed by atoms with Gasteiger partial charge in [-0.25, -0.2) is 4.39 Å². The number of rotatable bonds is 12. The number of fused-ring (bicyclic) bond motifs is 1. The second kappa shape index (κ2) is 13.8. The van der Waals surface area contributed by atoms with Crippen molar-refractivity contribution in [2.24, 2.45) is 0 Å². The van der Waals surface area contributed by atoms with E-state index in [-0.39, 0.29) is 17.6 Å². The maximum atomic E-state index is 15.3. The third-order valence-corrected chi connectivity index (χ3v) is 8.92. The zero-order valence-electron chi connectivity index (χ0n) is 25.4. The lowest BCUT2D eigenvalue weighted by Crippen LogP contribution is -2.32. The molecule has 5 rings (SSSR count). The molecule has 1 fully saturated rings. The number of aromatic hydroxyl groups is 1. The summed E-state index contributed by atoms with van der Waals surface area (Å²) in [7, 11) is 3.74. The van der Waals surface area contributed by atoms with E-state index >= 15 is 4.39 Å². The van der Waals surface area contributed by atoms with Crippen molar-refractivity contribution in [2.75, 3.05) is 51.9 Å². The minimum absolute atomic E-state index is 0.0604. The quantitative estimate of drug-likeness (QED) is 0.253. The number of phenols is 1. The fourth-order valence-electron chi connectivity index (χ4n) is 6.52. The highest BCUT2D eigenvalue weighted by Crippen LogP contribution is 2.42. The third-order valence-electron chi connectivity index (χ3n) is 8.92. The second-order valence-corrected chi connectivity index (χ2v) is 11.7. The van der Waals surface area contributed by atoms with Gasteiger partial charge in [-0.1, -0.05) is 18.2 Å². The van der Waals surface area contributed by atoms with E-state index in [1.165, 1.54) is 16.7 Å². The Balaban J connectivity index is 1.30. The predicted molar refractivity (Wildman–Crippen MR) is 166 cm³/mol. The molecule has 6 nitrogen and oxygen atoms in total. The van der Waals surface area contributed by atoms with Crippen molar-refractivity contribution in [3.05, 3.63) is 82.7 Å². The van der Waals surface area contributed by atoms with Crippen molar-refractivity contribution in [3.8, 4) is 17.2 Å². The summed E-state index contributed by atoms with van der Waals surface area (Å²) < 4.78 is 32.5. The molecule has 1 saturated heterocycles. The third kappa shape index (κ3) is 7.01. The molecule has 7 heteroatoms. The molecule has 3 atom stereocenters. The van der Waals surface area contributed by atoms with Crippen molar-refractivity contribution < 1.29 is 23.7 Å². The predicted octanol–water partition coefficient (Wildman–Crippen LogP) is 6.89. The van der Waals surface area contributed by atoms with Gasteiger partial charge >= 0.3 is 0 Å². The molecular formula is C35H45FN2O4. The molecule has 1 heterocycles. The average molecular weight is 577 g/mol. The van der Waals surface area contributed by atoms with Crippen LogP contribution in [0.15, 0.2) is 54.6 Å². The summed E-state index contributed by atoms with van der Waals surface area (Å²) in [4.78, 5) is 4.52. The summed E-state index contributed by atoms with van der Waals surface area (Å²) in [5, 5.41) is 9.93. The van der Waals surface area contributed by atoms with Gasteiger partial charge in [0.05, 0.1) is 19.3 Å². The largest absolute Gasteiger partial charge is 0.508 e. The molecule has 1 N–H and O–H groups in total. The van der Waals surface area contributed by atoms with Gasteiger partial charge in [0.1, 0.15) is 18.1 Å². The highest BCUT2D eigenvalue weighted by Gasteiger charge is 2.27. The van der Waals surface area contributed by atoms with Crippen LogP contribution >= 0.6 is 0 Å². The normalized spacial score (nSPS) is 19.0. The van der Waals surface area contributed by atoms with Crippen LogP contribution in [0.1, 0.15) is 67.3 Å². The number of hydrogen-bond donors (Lipinski definition) is 1. The van der Waals surface area contributed by atoms with Gasteiger partial charge in [-0.05, 0) is 112 Å². The Kier molecular flexibility index (Phi) is 9.91. The van der Waals surface area contributed by atoms with Gasteiger partial charge in [-0.3, -0.25) is 0 Å². The second-order valence-electron chi connectivity index (χ2n) is 11.7. The van der Waals surface area contributed by atoms with Gasteiger partial charge in [0.2, 0.25) is 0 Å². The highest BCUT2D eigenvalue weighted by molar-refractivity contribution is 5.61. The van der Waals surface area contributed by atoms with Gasteiger partial charge in [-0.15, -0.1) is 0 Å². The van der Waals surface area contributed by atoms with E-state index in [1.54, 1.807) is 25.3 Å². The number of nitrogens with zero attached hydrogens (tertiary/aromatic N) is 2. The number of aryl methyl sites for hydroxylation is 1. The Morgan fingerprint density at radius 2 is 1.93 bits per heavy atom. The monoisotopic (exact) mass is 576 g/mol. The van der Waals surface area contributed by atoms with Crippen molar-refractivity contribution in [3.63, 3.8) is 0 Å². The minimum Gasteiger partial charge on any atom is -0.508 e. The molecule has 0 amide bonds. The van der Waals surface area contributed by atoms with Crippen molar-refractivity contribution >= 4 is 5.69 Å². The molecule has 42 heavy (non-hydrogen) atoms. The number of methoxy groups -OCH3 is 1. The van der Waals surface area contributed by atoms with Crippen LogP contribution in [0.5, 0.6) is 17.2 Å². The lowest BCUT2D eigenvalue weighted by molar-refractivity contribution is 0.0769. The van der Waals surface area contributed by atoms with Crippen molar-refractivity contribution in [2.45, 2.75) is 64.0 Å². The zero-order chi connectivity index (χ0) is 29.6. The van der Waals surface area contributed by atoms with E-state index in [0.717, 1.165) is 68.8 Å². The van der Waals surface area contributed by atoms with Gasteiger partial charge < -0.3 is 29.1 Å². The van der Waals surface area contributed by atoms with Gasteiger partial charge in [0.15, 0.2) is 11.6 Å². The fraction of sp³-hybridized carbons (Fsp3) is 0.486. The zero-order valence-corrected chi connectivity index (χ0v) is 25.4. The Bertz CT molecular complexity index is 1340. The van der Waals surface area contributed by atoms with Crippen LogP contribution in [0.4, 0.5) is 10.1 Å². The molecule has 3 aromatic rings. The molecule has 0 bridgehead atoms. The molecule has 226 valence electrons. The first-order chi connectivity index (χ1) is 20.4. The van der Waals surface area contributed by atoms with Crippen LogP contribution in [-0.4, -0.2) is 63.1 Å². The molecule has 1 unspecified atom stereocenters. The first-order valence-electron chi connectivity index (χ1n) is 15.3. The van der Waals surface area contributed by atoms with E-state index in [1.807, 2.05) is 18.2 Å². The number of likely N-dealkylation sites (N-methyl/N-ethyl adjacent to an activating group) is 1. The Morgan fingerprint density at radius 1 is 1.07 bits per heavy atom. The maximum Gasteiger partial charge on any atom is 0.165 e. The molecule has 3 aromatic carbocycles. The Labute approximate surface area is 250 Å². The summed E-state index contributed by atoms with van der Waals surface area (Å²) in [6.07, 6.45) is 5.38. The number of benzene rings is 3. The topological polar surface area (TPSA) is 54.4 Å². The van der Waals surface area contributed by atoms with E-state index in [4.69, 9.17) is 14.2 Å². The fourth-order valence-corrected chi connectivity index (χ4v) is 6.52. The number of halogens is 1. The lowest BCUT2D eigenvalue weighted by Gasteiger charge is -2.35. The summed E-state index contributed by atoms with van der Waals surface area (Å²) >= 11 is 0. The van der Waals surface area contributed by atoms with E-state index in [0.29, 0.717) is 30.9 Å². The van der Waals surface area contributed by atoms with E-state index in [9.17, 15) is 5.11 Å². The summed E-state index contributed by atoms with van der Waals surface area (Å²) in [5.41, 5.74) is 5.81. The van der Waals surface area contributed by atoms with Gasteiger partial charge in [0.25, 0.3) is 0 Å². The SMILES string of the molecule is CCN(c1cc(OC)ccc1[C@@H]1CCc2cc(O)ccc2C1)C(C)c1ccc(OCCN(C)C[C@@H]2CCCO2)c(F)c1. The van der Waals surface area contributed by atoms with Crippen molar-refractivity contribution in [1.82, 2.24) is 4.90 Å². The minimum atomic E-state index is -0.338. The molecule has 1 aliphatic carbocycles. The smallest absolute Gasteiger partial charge is 0.165 e. The van der Waals surface area contributed by atoms with Crippen molar-refractivity contribution in [1.29, 1.82) is 0 Å². The first-order valence-corrected chi connectivity index (χ1v) is 15.3. The van der Waals surface area contributed by atoms with Crippen LogP contribution in [0.2, 0.25) is 0 Å². The molecule has 0 radical (unpaired) electrons. The standard InChI is InChI=1S/C35H45FN2O4/c1-5-38(24(2)25-11-15-35(33(36)21-25)42-18-16-37(3)23-31-7-6-17-41-31)34-22-30(40-4)13-14-32(34)28-9-8-27-20-29(39)12-10-26(27)19-28/h10-15,20-22,24,28,31,39H,5-9,16-19,23H2,1-4H3/t24?,28-,31+/m1/s1. The number of phenolic OH excluding ortho intramolecular Hbond substituents is 1. The summed E-state index contributed by atoms with van der Waals surface area (Å²) in [6.45, 7) is 7.88. The Hall–Kier alpha value is -3.29. The molecule has 0 saturated carbocycles. The number of hydrogen-bond acceptors (Lipinski definition) is 6. The van der Waals surface area contributed by atoms with Crippen LogP contribution in [0.25, 0.3) is 0 Å². The molecule has 0 spiro atoms. The molecular weight excluding hydrogens is 531 g/mol. The van der Waals surface area contributed by atoms with E-state index < -0.39 is 0 Å². The van der Waals surface area contributed by atoms with Gasteiger partial charge in [0, 0.05) is 38.0 Å². The first kappa shape index (κ1) is 30.2. The highest BCUT2D eigenvalue weighted by atomic mass is 19.1. The summed E-state index contributed by atoms with van der Waals surface area (Å²) in [6, 6.07) is 17.4. The Morgan fingerprint density at radius 3 is 2.67 bits per heavy atom. The van der Waals surface area contributed by atoms with Crippen LogP contribution in [0.3, 0.4) is 0 Å². The average Bonchev–Trinajstić information content (AvgIpc) is 3.51. The molecule has 2 aliphatic rings. The maximum absolute atomic E-state index is 15.3. The van der Waals surface area contributed by atoms with Crippen LogP contribution in [0, 0.1) is 5.82 Å². The lowest BCUT2D eigenvalue weighted by atomic mass is 9.79.